The van der Waals surface area contributed by atoms with Crippen molar-refractivity contribution in [2.75, 3.05) is 0 Å². The van der Waals surface area contributed by atoms with Gasteiger partial charge in [0.2, 0.25) is 6.39 Å². The normalized spacial score (nSPS) is 10.2. The number of nitrogens with zero attached hydrogens (tertiary/aromatic N) is 2. The van der Waals surface area contributed by atoms with Crippen LogP contribution in [0.5, 0.6) is 0 Å². The van der Waals surface area contributed by atoms with E-state index < -0.39 is 0 Å². The zero-order valence-corrected chi connectivity index (χ0v) is 10.7. The van der Waals surface area contributed by atoms with E-state index in [-0.39, 0.29) is 12.5 Å². The first-order valence-corrected chi connectivity index (χ1v) is 5.75. The molecule has 1 amide bonds. The number of hydrogen-bond donors (Lipinski definition) is 1. The molecule has 6 heteroatoms. The summed E-state index contributed by atoms with van der Waals surface area (Å²) < 4.78 is 5.34. The van der Waals surface area contributed by atoms with Crippen LogP contribution in [0.1, 0.15) is 21.7 Å². The fourth-order valence-corrected chi connectivity index (χ4v) is 2.00. The monoisotopic (exact) mass is 295 g/mol. The smallest absolute Gasteiger partial charge is 0.252 e. The molecule has 17 heavy (non-hydrogen) atoms. The van der Waals surface area contributed by atoms with Gasteiger partial charge < -0.3 is 9.84 Å². The molecule has 0 aliphatic carbocycles. The average molecular weight is 296 g/mol. The van der Waals surface area contributed by atoms with Crippen molar-refractivity contribution in [1.29, 1.82) is 0 Å². The Bertz CT molecular complexity index is 526. The molecule has 0 spiro atoms. The zero-order chi connectivity index (χ0) is 12.3. The molecule has 0 aliphatic rings. The van der Waals surface area contributed by atoms with Gasteiger partial charge in [0, 0.05) is 4.47 Å². The van der Waals surface area contributed by atoms with Gasteiger partial charge in [-0.25, -0.2) is 0 Å². The minimum absolute atomic E-state index is 0.179. The predicted octanol–water partition coefficient (Wildman–Crippen LogP) is 2.07. The lowest BCUT2D eigenvalue weighted by Gasteiger charge is -2.05. The molecule has 0 radical (unpaired) electrons. The third kappa shape index (κ3) is 2.91. The summed E-state index contributed by atoms with van der Waals surface area (Å²) in [4.78, 5) is 15.7. The minimum Gasteiger partial charge on any atom is -0.345 e. The van der Waals surface area contributed by atoms with E-state index in [1.807, 2.05) is 19.1 Å². The Balaban J connectivity index is 2.04. The second-order valence-corrected chi connectivity index (χ2v) is 4.37. The van der Waals surface area contributed by atoms with E-state index in [0.717, 1.165) is 10.0 Å². The van der Waals surface area contributed by atoms with Crippen LogP contribution in [0.2, 0.25) is 0 Å². The maximum absolute atomic E-state index is 11.8. The fraction of sp³-hybridized carbons (Fsp3) is 0.182. The first kappa shape index (κ1) is 11.8. The van der Waals surface area contributed by atoms with Crippen molar-refractivity contribution in [3.8, 4) is 0 Å². The largest absolute Gasteiger partial charge is 0.345 e. The molecular weight excluding hydrogens is 286 g/mol. The molecule has 0 unspecified atom stereocenters. The summed E-state index contributed by atoms with van der Waals surface area (Å²) in [5.41, 5.74) is 1.67. The molecule has 0 atom stereocenters. The SMILES string of the molecule is Cc1ccc(C(=O)NCc2ncon2)c(Br)c1. The first-order chi connectivity index (χ1) is 8.16. The van der Waals surface area contributed by atoms with Gasteiger partial charge in [0.1, 0.15) is 0 Å². The van der Waals surface area contributed by atoms with Crippen LogP contribution < -0.4 is 5.32 Å². The van der Waals surface area contributed by atoms with E-state index >= 15 is 0 Å². The highest BCUT2D eigenvalue weighted by Gasteiger charge is 2.10. The molecule has 1 heterocycles. The van der Waals surface area contributed by atoms with E-state index in [9.17, 15) is 4.79 Å². The van der Waals surface area contributed by atoms with Crippen LogP contribution in [0.15, 0.2) is 33.6 Å². The van der Waals surface area contributed by atoms with Crippen molar-refractivity contribution in [3.63, 3.8) is 0 Å². The van der Waals surface area contributed by atoms with Crippen LogP contribution in [0.4, 0.5) is 0 Å². The van der Waals surface area contributed by atoms with Gasteiger partial charge in [0.25, 0.3) is 5.91 Å². The van der Waals surface area contributed by atoms with Gasteiger partial charge in [0.05, 0.1) is 12.1 Å². The molecule has 0 fully saturated rings. The molecular formula is C11H10BrN3O2. The third-order valence-electron chi connectivity index (χ3n) is 2.18. The Hall–Kier alpha value is -1.69. The van der Waals surface area contributed by atoms with Crippen molar-refractivity contribution >= 4 is 21.8 Å². The predicted molar refractivity (Wildman–Crippen MR) is 64.3 cm³/mol. The lowest BCUT2D eigenvalue weighted by molar-refractivity contribution is 0.0949. The number of amides is 1. The Morgan fingerprint density at radius 1 is 1.53 bits per heavy atom. The lowest BCUT2D eigenvalue weighted by Crippen LogP contribution is -2.23. The summed E-state index contributed by atoms with van der Waals surface area (Å²) in [6.07, 6.45) is 1.23. The van der Waals surface area contributed by atoms with Gasteiger partial charge in [-0.05, 0) is 40.5 Å². The molecule has 1 aromatic heterocycles. The van der Waals surface area contributed by atoms with Crippen LogP contribution in [-0.4, -0.2) is 16.0 Å². The summed E-state index contributed by atoms with van der Waals surface area (Å²) >= 11 is 3.36. The van der Waals surface area contributed by atoms with Gasteiger partial charge >= 0.3 is 0 Å². The Labute approximate surface area is 106 Å². The highest BCUT2D eigenvalue weighted by atomic mass is 79.9. The van der Waals surface area contributed by atoms with Crippen molar-refractivity contribution < 1.29 is 9.32 Å². The summed E-state index contributed by atoms with van der Waals surface area (Å²) in [5, 5.41) is 6.31. The summed E-state index contributed by atoms with van der Waals surface area (Å²) in [6.45, 7) is 2.21. The van der Waals surface area contributed by atoms with Crippen LogP contribution in [0.25, 0.3) is 0 Å². The summed E-state index contributed by atoms with van der Waals surface area (Å²) in [6, 6.07) is 5.54. The molecule has 1 N–H and O–H groups in total. The number of rotatable bonds is 3. The molecule has 5 nitrogen and oxygen atoms in total. The molecule has 2 rings (SSSR count). The lowest BCUT2D eigenvalue weighted by atomic mass is 10.1. The Morgan fingerprint density at radius 3 is 3.00 bits per heavy atom. The van der Waals surface area contributed by atoms with Crippen LogP contribution in [-0.2, 0) is 6.54 Å². The zero-order valence-electron chi connectivity index (χ0n) is 9.11. The molecule has 2 aromatic rings. The Morgan fingerprint density at radius 2 is 2.35 bits per heavy atom. The van der Waals surface area contributed by atoms with Crippen molar-refractivity contribution in [2.45, 2.75) is 13.5 Å². The van der Waals surface area contributed by atoms with Gasteiger partial charge in [-0.3, -0.25) is 4.79 Å². The summed E-state index contributed by atoms with van der Waals surface area (Å²) in [7, 11) is 0. The number of carbonyl (C=O) groups excluding carboxylic acids is 1. The van der Waals surface area contributed by atoms with Crippen LogP contribution in [0.3, 0.4) is 0 Å². The van der Waals surface area contributed by atoms with E-state index in [4.69, 9.17) is 0 Å². The molecule has 0 saturated carbocycles. The van der Waals surface area contributed by atoms with Crippen LogP contribution in [0, 0.1) is 6.92 Å². The van der Waals surface area contributed by atoms with E-state index in [1.165, 1.54) is 6.39 Å². The van der Waals surface area contributed by atoms with Gasteiger partial charge in [-0.1, -0.05) is 11.2 Å². The van der Waals surface area contributed by atoms with Crippen LogP contribution >= 0.6 is 15.9 Å². The molecule has 88 valence electrons. The van der Waals surface area contributed by atoms with E-state index in [1.54, 1.807) is 6.07 Å². The second-order valence-electron chi connectivity index (χ2n) is 3.51. The van der Waals surface area contributed by atoms with Crippen molar-refractivity contribution in [3.05, 3.63) is 46.0 Å². The molecule has 1 aromatic carbocycles. The van der Waals surface area contributed by atoms with Crippen molar-refractivity contribution in [2.24, 2.45) is 0 Å². The third-order valence-corrected chi connectivity index (χ3v) is 2.84. The standard InChI is InChI=1S/C11H10BrN3O2/c1-7-2-3-8(9(12)4-7)11(16)13-5-10-14-6-17-15-10/h2-4,6H,5H2,1H3,(H,13,16). The fourth-order valence-electron chi connectivity index (χ4n) is 1.33. The number of benzene rings is 1. The Kier molecular flexibility index (Phi) is 3.53. The van der Waals surface area contributed by atoms with Gasteiger partial charge in [-0.15, -0.1) is 0 Å². The van der Waals surface area contributed by atoms with Gasteiger partial charge in [0.15, 0.2) is 5.82 Å². The van der Waals surface area contributed by atoms with Crippen molar-refractivity contribution in [1.82, 2.24) is 15.5 Å². The topological polar surface area (TPSA) is 68.0 Å². The quantitative estimate of drug-likeness (QED) is 0.941. The van der Waals surface area contributed by atoms with Gasteiger partial charge in [-0.2, -0.15) is 4.98 Å². The minimum atomic E-state index is -0.179. The number of nitrogens with one attached hydrogen (secondary N) is 1. The summed E-state index contributed by atoms with van der Waals surface area (Å²) in [5.74, 6) is 0.267. The van der Waals surface area contributed by atoms with E-state index in [0.29, 0.717) is 11.4 Å². The number of carbonyl (C=O) groups is 1. The molecule has 0 bridgehead atoms. The number of halogens is 1. The number of aryl methyl sites for hydroxylation is 1. The van der Waals surface area contributed by atoms with E-state index in [2.05, 4.69) is 35.9 Å². The number of aromatic nitrogens is 2. The maximum atomic E-state index is 11.8. The first-order valence-electron chi connectivity index (χ1n) is 4.96. The highest BCUT2D eigenvalue weighted by Crippen LogP contribution is 2.18. The molecule has 0 saturated heterocycles. The highest BCUT2D eigenvalue weighted by molar-refractivity contribution is 9.10. The molecule has 0 aliphatic heterocycles. The maximum Gasteiger partial charge on any atom is 0.252 e. The number of hydrogen-bond acceptors (Lipinski definition) is 4. The average Bonchev–Trinajstić information content (AvgIpc) is 2.78. The second kappa shape index (κ2) is 5.09.